The Labute approximate surface area is 217 Å². The zero-order valence-electron chi connectivity index (χ0n) is 20.8. The first kappa shape index (κ1) is 24.6. The van der Waals surface area contributed by atoms with Gasteiger partial charge in [-0.3, -0.25) is 4.79 Å². The SMILES string of the molecule is CCc1ccc(C2C3C(NNC3c3cc(Cl)c(C)cc3O)C(=O)N2CCc2ccc(OC)cc2)cc1. The van der Waals surface area contributed by atoms with Crippen LogP contribution < -0.4 is 15.6 Å². The molecule has 0 saturated carbocycles. The van der Waals surface area contributed by atoms with E-state index in [0.29, 0.717) is 17.1 Å². The lowest BCUT2D eigenvalue weighted by atomic mass is 9.82. The Bertz CT molecular complexity index is 1250. The number of nitrogens with one attached hydrogen (secondary N) is 2. The highest BCUT2D eigenvalue weighted by atomic mass is 35.5. The van der Waals surface area contributed by atoms with E-state index in [9.17, 15) is 9.90 Å². The molecule has 2 heterocycles. The van der Waals surface area contributed by atoms with Crippen LogP contribution in [0.4, 0.5) is 0 Å². The predicted octanol–water partition coefficient (Wildman–Crippen LogP) is 4.88. The van der Waals surface area contributed by atoms with Crippen LogP contribution in [-0.2, 0) is 17.6 Å². The smallest absolute Gasteiger partial charge is 0.242 e. The second kappa shape index (κ2) is 10.1. The van der Waals surface area contributed by atoms with Crippen molar-refractivity contribution in [1.29, 1.82) is 0 Å². The highest BCUT2D eigenvalue weighted by Gasteiger charge is 2.55. The fourth-order valence-corrected chi connectivity index (χ4v) is 5.71. The number of nitrogens with zero attached hydrogens (tertiary/aromatic N) is 1. The van der Waals surface area contributed by atoms with Crippen molar-refractivity contribution in [1.82, 2.24) is 15.8 Å². The van der Waals surface area contributed by atoms with Gasteiger partial charge in [-0.15, -0.1) is 0 Å². The first-order chi connectivity index (χ1) is 17.4. The Morgan fingerprint density at radius 1 is 1.00 bits per heavy atom. The first-order valence-electron chi connectivity index (χ1n) is 12.4. The number of phenols is 1. The molecule has 2 aliphatic rings. The van der Waals surface area contributed by atoms with Crippen molar-refractivity contribution in [3.8, 4) is 11.5 Å². The number of hydrogen-bond donors (Lipinski definition) is 3. The second-order valence-corrected chi connectivity index (χ2v) is 10.1. The van der Waals surface area contributed by atoms with Crippen molar-refractivity contribution in [3.63, 3.8) is 0 Å². The number of halogens is 1. The van der Waals surface area contributed by atoms with Crippen molar-refractivity contribution < 1.29 is 14.6 Å². The molecular formula is C29H32ClN3O3. The van der Waals surface area contributed by atoms with Crippen LogP contribution >= 0.6 is 11.6 Å². The third-order valence-corrected chi connectivity index (χ3v) is 7.99. The number of aromatic hydroxyl groups is 1. The molecule has 4 atom stereocenters. The van der Waals surface area contributed by atoms with Crippen molar-refractivity contribution in [3.05, 3.63) is 93.5 Å². The van der Waals surface area contributed by atoms with Gasteiger partial charge in [-0.05, 0) is 66.3 Å². The van der Waals surface area contributed by atoms with Crippen LogP contribution in [0.15, 0.2) is 60.7 Å². The van der Waals surface area contributed by atoms with E-state index in [1.165, 1.54) is 5.56 Å². The van der Waals surface area contributed by atoms with Crippen LogP contribution in [0.25, 0.3) is 0 Å². The zero-order valence-corrected chi connectivity index (χ0v) is 21.5. The average molecular weight is 506 g/mol. The molecule has 0 radical (unpaired) electrons. The maximum absolute atomic E-state index is 13.7. The van der Waals surface area contributed by atoms with Gasteiger partial charge < -0.3 is 14.7 Å². The molecule has 0 aliphatic carbocycles. The van der Waals surface area contributed by atoms with E-state index in [1.807, 2.05) is 42.2 Å². The lowest BCUT2D eigenvalue weighted by Crippen LogP contribution is -2.42. The number of likely N-dealkylation sites (tertiary alicyclic amines) is 1. The number of rotatable bonds is 7. The molecule has 2 aliphatic heterocycles. The van der Waals surface area contributed by atoms with E-state index < -0.39 is 6.04 Å². The molecule has 0 spiro atoms. The van der Waals surface area contributed by atoms with Crippen LogP contribution in [-0.4, -0.2) is 35.6 Å². The fourth-order valence-electron chi connectivity index (χ4n) is 5.54. The minimum atomic E-state index is -0.402. The molecule has 2 fully saturated rings. The van der Waals surface area contributed by atoms with Crippen molar-refractivity contribution in [2.24, 2.45) is 5.92 Å². The largest absolute Gasteiger partial charge is 0.508 e. The van der Waals surface area contributed by atoms with E-state index in [1.54, 1.807) is 13.2 Å². The minimum absolute atomic E-state index is 0.0609. The van der Waals surface area contributed by atoms with Gasteiger partial charge in [0.25, 0.3) is 0 Å². The quantitative estimate of drug-likeness (QED) is 0.426. The van der Waals surface area contributed by atoms with Crippen molar-refractivity contribution in [2.45, 2.75) is 44.8 Å². The first-order valence-corrected chi connectivity index (χ1v) is 12.8. The van der Waals surface area contributed by atoms with Crippen LogP contribution in [0.1, 0.15) is 46.8 Å². The Balaban J connectivity index is 1.50. The summed E-state index contributed by atoms with van der Waals surface area (Å²) in [5, 5.41) is 11.4. The summed E-state index contributed by atoms with van der Waals surface area (Å²) >= 11 is 6.44. The predicted molar refractivity (Wildman–Crippen MR) is 141 cm³/mol. The molecule has 6 nitrogen and oxygen atoms in total. The van der Waals surface area contributed by atoms with Gasteiger partial charge in [0.15, 0.2) is 0 Å². The number of hydrogen-bond acceptors (Lipinski definition) is 5. The van der Waals surface area contributed by atoms with Crippen LogP contribution in [0.2, 0.25) is 5.02 Å². The lowest BCUT2D eigenvalue weighted by molar-refractivity contribution is -0.130. The molecule has 3 N–H and O–H groups in total. The summed E-state index contributed by atoms with van der Waals surface area (Å²) in [6.45, 7) is 4.59. The Morgan fingerprint density at radius 3 is 2.33 bits per heavy atom. The highest BCUT2D eigenvalue weighted by Crippen LogP contribution is 2.49. The molecule has 7 heteroatoms. The molecule has 3 aromatic rings. The van der Waals surface area contributed by atoms with E-state index in [4.69, 9.17) is 16.3 Å². The van der Waals surface area contributed by atoms with Gasteiger partial charge in [0.05, 0.1) is 19.2 Å². The molecule has 188 valence electrons. The van der Waals surface area contributed by atoms with Gasteiger partial charge in [-0.25, -0.2) is 10.9 Å². The van der Waals surface area contributed by atoms with Crippen molar-refractivity contribution in [2.75, 3.05) is 13.7 Å². The Morgan fingerprint density at radius 2 is 1.67 bits per heavy atom. The Kier molecular flexibility index (Phi) is 6.93. The number of fused-ring (bicyclic) bond motifs is 1. The van der Waals surface area contributed by atoms with Gasteiger partial charge in [-0.1, -0.05) is 54.9 Å². The van der Waals surface area contributed by atoms with Gasteiger partial charge >= 0.3 is 0 Å². The van der Waals surface area contributed by atoms with Crippen molar-refractivity contribution >= 4 is 17.5 Å². The third-order valence-electron chi connectivity index (χ3n) is 7.59. The molecule has 5 rings (SSSR count). The van der Waals surface area contributed by atoms with Crippen LogP contribution in [0.3, 0.4) is 0 Å². The summed E-state index contributed by atoms with van der Waals surface area (Å²) in [6.07, 6.45) is 1.69. The third kappa shape index (κ3) is 4.45. The minimum Gasteiger partial charge on any atom is -0.508 e. The fraction of sp³-hybridized carbons (Fsp3) is 0.345. The maximum atomic E-state index is 13.7. The number of ether oxygens (including phenoxy) is 1. The molecule has 1 amide bonds. The topological polar surface area (TPSA) is 73.8 Å². The molecule has 0 bridgehead atoms. The second-order valence-electron chi connectivity index (χ2n) is 9.65. The number of aryl methyl sites for hydroxylation is 2. The molecular weight excluding hydrogens is 474 g/mol. The standard InChI is InChI=1S/C29H32ClN3O3/c1-4-18-5-9-20(10-6-18)28-25-26(22-16-23(30)17(2)15-24(22)34)31-32-27(25)29(35)33(28)14-13-19-7-11-21(36-3)12-8-19/h5-12,15-16,25-28,31-32,34H,4,13-14H2,1-3H3. The van der Waals surface area contributed by atoms with Gasteiger partial charge in [0.2, 0.25) is 5.91 Å². The summed E-state index contributed by atoms with van der Waals surface area (Å²) < 4.78 is 5.28. The number of carbonyl (C=O) groups excluding carboxylic acids is 1. The molecule has 0 aromatic heterocycles. The lowest BCUT2D eigenvalue weighted by Gasteiger charge is -2.32. The molecule has 4 unspecified atom stereocenters. The average Bonchev–Trinajstić information content (AvgIpc) is 3.44. The highest BCUT2D eigenvalue weighted by molar-refractivity contribution is 6.31. The van der Waals surface area contributed by atoms with E-state index in [2.05, 4.69) is 42.0 Å². The number of methoxy groups -OCH3 is 1. The number of hydrazine groups is 1. The number of carbonyl (C=O) groups is 1. The molecule has 36 heavy (non-hydrogen) atoms. The number of amides is 1. The van der Waals surface area contributed by atoms with Crippen LogP contribution in [0, 0.1) is 12.8 Å². The van der Waals surface area contributed by atoms with Gasteiger partial charge in [0.1, 0.15) is 17.5 Å². The molecule has 3 aromatic carbocycles. The maximum Gasteiger partial charge on any atom is 0.242 e. The summed E-state index contributed by atoms with van der Waals surface area (Å²) in [6, 6.07) is 19.2. The van der Waals surface area contributed by atoms with Gasteiger partial charge in [0, 0.05) is 23.0 Å². The summed E-state index contributed by atoms with van der Waals surface area (Å²) in [5.41, 5.74) is 11.5. The number of phenolic OH excluding ortho intramolecular Hbond substituents is 1. The Hall–Kier alpha value is -3.06. The zero-order chi connectivity index (χ0) is 25.4. The molecule has 2 saturated heterocycles. The van der Waals surface area contributed by atoms with E-state index in [0.717, 1.165) is 35.3 Å². The van der Waals surface area contributed by atoms with E-state index >= 15 is 0 Å². The van der Waals surface area contributed by atoms with E-state index in [-0.39, 0.29) is 29.7 Å². The number of benzene rings is 3. The summed E-state index contributed by atoms with van der Waals surface area (Å²) in [5.74, 6) is 0.937. The summed E-state index contributed by atoms with van der Waals surface area (Å²) in [7, 11) is 1.65. The van der Waals surface area contributed by atoms with Crippen LogP contribution in [0.5, 0.6) is 11.5 Å². The summed E-state index contributed by atoms with van der Waals surface area (Å²) in [4.78, 5) is 15.7. The normalized spacial score (nSPS) is 23.2. The monoisotopic (exact) mass is 505 g/mol. The van der Waals surface area contributed by atoms with Gasteiger partial charge in [-0.2, -0.15) is 0 Å².